The number of hydrogen-bond acceptors (Lipinski definition) is 5. The van der Waals surface area contributed by atoms with Gasteiger partial charge in [0.05, 0.1) is 0 Å². The predicted molar refractivity (Wildman–Crippen MR) is 107 cm³/mol. The molecule has 0 aliphatic heterocycles. The lowest BCUT2D eigenvalue weighted by Crippen LogP contribution is -2.15. The van der Waals surface area contributed by atoms with Crippen LogP contribution in [0.25, 0.3) is 0 Å². The molecule has 2 N–H and O–H groups in total. The largest absolute Gasteiger partial charge is 0.366 e. The van der Waals surface area contributed by atoms with E-state index in [1.54, 1.807) is 18.5 Å². The van der Waals surface area contributed by atoms with E-state index in [0.29, 0.717) is 18.1 Å². The van der Waals surface area contributed by atoms with E-state index < -0.39 is 0 Å². The van der Waals surface area contributed by atoms with Gasteiger partial charge in [0.2, 0.25) is 0 Å². The highest BCUT2D eigenvalue weighted by molar-refractivity contribution is 6.03. The molecule has 2 aromatic heterocycles. The molecule has 1 amide bonds. The lowest BCUT2D eigenvalue weighted by atomic mass is 9.87. The summed E-state index contributed by atoms with van der Waals surface area (Å²) in [5.41, 5.74) is 3.41. The van der Waals surface area contributed by atoms with E-state index in [9.17, 15) is 4.79 Å². The van der Waals surface area contributed by atoms with Gasteiger partial charge in [0, 0.05) is 30.7 Å². The molecule has 6 heteroatoms. The van der Waals surface area contributed by atoms with Crippen LogP contribution in [-0.2, 0) is 12.0 Å². The van der Waals surface area contributed by atoms with Crippen molar-refractivity contribution in [2.45, 2.75) is 32.7 Å². The Kier molecular flexibility index (Phi) is 5.45. The Balaban J connectivity index is 1.64. The van der Waals surface area contributed by atoms with Crippen LogP contribution in [0.15, 0.2) is 61.2 Å². The van der Waals surface area contributed by atoms with Crippen molar-refractivity contribution in [1.82, 2.24) is 15.0 Å². The van der Waals surface area contributed by atoms with Gasteiger partial charge in [-0.05, 0) is 40.8 Å². The summed E-state index contributed by atoms with van der Waals surface area (Å²) in [6.07, 6.45) is 4.86. The fourth-order valence-electron chi connectivity index (χ4n) is 2.52. The number of pyridine rings is 1. The molecule has 2 heterocycles. The van der Waals surface area contributed by atoms with E-state index in [-0.39, 0.29) is 11.3 Å². The van der Waals surface area contributed by atoms with Crippen LogP contribution in [0.4, 0.5) is 11.5 Å². The Hall–Kier alpha value is -3.28. The summed E-state index contributed by atoms with van der Waals surface area (Å²) < 4.78 is 0. The first kappa shape index (κ1) is 18.5. The van der Waals surface area contributed by atoms with Crippen molar-refractivity contribution in [2.24, 2.45) is 0 Å². The van der Waals surface area contributed by atoms with Crippen LogP contribution in [0.3, 0.4) is 0 Å². The van der Waals surface area contributed by atoms with Gasteiger partial charge in [-0.2, -0.15) is 0 Å². The number of carbonyl (C=O) groups is 1. The SMILES string of the molecule is CC(C)(C)c1ccc(NC(=O)c2cc(NCc3ccncc3)ncn2)cc1. The Labute approximate surface area is 159 Å². The van der Waals surface area contributed by atoms with E-state index in [4.69, 9.17) is 0 Å². The highest BCUT2D eigenvalue weighted by Gasteiger charge is 2.14. The molecule has 27 heavy (non-hydrogen) atoms. The van der Waals surface area contributed by atoms with Gasteiger partial charge in [-0.3, -0.25) is 9.78 Å². The van der Waals surface area contributed by atoms with Crippen molar-refractivity contribution in [3.63, 3.8) is 0 Å². The maximum atomic E-state index is 12.5. The molecule has 0 fully saturated rings. The number of carbonyl (C=O) groups excluding carboxylic acids is 1. The second-order valence-corrected chi connectivity index (χ2v) is 7.28. The van der Waals surface area contributed by atoms with Gasteiger partial charge in [-0.1, -0.05) is 32.9 Å². The monoisotopic (exact) mass is 361 g/mol. The third-order valence-electron chi connectivity index (χ3n) is 4.13. The number of anilines is 2. The Morgan fingerprint density at radius 3 is 2.37 bits per heavy atom. The molecule has 0 spiro atoms. The zero-order chi connectivity index (χ0) is 19.3. The summed E-state index contributed by atoms with van der Waals surface area (Å²) in [4.78, 5) is 24.7. The molecular weight excluding hydrogens is 338 g/mol. The van der Waals surface area contributed by atoms with E-state index >= 15 is 0 Å². The zero-order valence-electron chi connectivity index (χ0n) is 15.7. The molecule has 0 atom stereocenters. The predicted octanol–water partition coefficient (Wildman–Crippen LogP) is 4.03. The number of nitrogens with zero attached hydrogens (tertiary/aromatic N) is 3. The van der Waals surface area contributed by atoms with E-state index in [1.807, 2.05) is 36.4 Å². The first-order valence-corrected chi connectivity index (χ1v) is 8.78. The molecule has 138 valence electrons. The fourth-order valence-corrected chi connectivity index (χ4v) is 2.52. The van der Waals surface area contributed by atoms with Crippen molar-refractivity contribution in [2.75, 3.05) is 10.6 Å². The highest BCUT2D eigenvalue weighted by atomic mass is 16.1. The summed E-state index contributed by atoms with van der Waals surface area (Å²) in [7, 11) is 0. The minimum Gasteiger partial charge on any atom is -0.366 e. The summed E-state index contributed by atoms with van der Waals surface area (Å²) in [5, 5.41) is 6.06. The van der Waals surface area contributed by atoms with Gasteiger partial charge >= 0.3 is 0 Å². The highest BCUT2D eigenvalue weighted by Crippen LogP contribution is 2.23. The normalized spacial score (nSPS) is 11.1. The molecule has 0 unspecified atom stereocenters. The maximum absolute atomic E-state index is 12.5. The Morgan fingerprint density at radius 2 is 1.70 bits per heavy atom. The number of benzene rings is 1. The van der Waals surface area contributed by atoms with Gasteiger partial charge < -0.3 is 10.6 Å². The maximum Gasteiger partial charge on any atom is 0.274 e. The van der Waals surface area contributed by atoms with Gasteiger partial charge in [-0.15, -0.1) is 0 Å². The summed E-state index contributed by atoms with van der Waals surface area (Å²) in [5.74, 6) is 0.322. The quantitative estimate of drug-likeness (QED) is 0.717. The van der Waals surface area contributed by atoms with Gasteiger partial charge in [0.1, 0.15) is 17.8 Å². The minimum atomic E-state index is -0.270. The summed E-state index contributed by atoms with van der Waals surface area (Å²) in [6, 6.07) is 13.3. The van der Waals surface area contributed by atoms with Gasteiger partial charge in [-0.25, -0.2) is 9.97 Å². The number of rotatable bonds is 5. The third kappa shape index (κ3) is 5.10. The van der Waals surface area contributed by atoms with E-state index in [0.717, 1.165) is 11.3 Å². The summed E-state index contributed by atoms with van der Waals surface area (Å²) in [6.45, 7) is 7.06. The average Bonchev–Trinajstić information content (AvgIpc) is 2.67. The van der Waals surface area contributed by atoms with Crippen molar-refractivity contribution in [3.05, 3.63) is 78.0 Å². The van der Waals surface area contributed by atoms with Crippen molar-refractivity contribution < 1.29 is 4.79 Å². The average molecular weight is 361 g/mol. The molecule has 0 aliphatic rings. The second-order valence-electron chi connectivity index (χ2n) is 7.28. The standard InChI is InChI=1S/C21H23N5O/c1-21(2,3)16-4-6-17(7-5-16)26-20(27)18-12-19(25-14-24-18)23-13-15-8-10-22-11-9-15/h4-12,14H,13H2,1-3H3,(H,26,27)(H,23,24,25). The second kappa shape index (κ2) is 7.95. The molecule has 0 radical (unpaired) electrons. The number of amides is 1. The van der Waals surface area contributed by atoms with Crippen LogP contribution < -0.4 is 10.6 Å². The molecular formula is C21H23N5O. The number of hydrogen-bond donors (Lipinski definition) is 2. The van der Waals surface area contributed by atoms with Crippen LogP contribution in [-0.4, -0.2) is 20.9 Å². The molecule has 1 aromatic carbocycles. The lowest BCUT2D eigenvalue weighted by molar-refractivity contribution is 0.102. The Morgan fingerprint density at radius 1 is 1.00 bits per heavy atom. The number of nitrogens with one attached hydrogen (secondary N) is 2. The van der Waals surface area contributed by atoms with Crippen molar-refractivity contribution >= 4 is 17.4 Å². The first-order valence-electron chi connectivity index (χ1n) is 8.78. The van der Waals surface area contributed by atoms with Crippen molar-refractivity contribution in [1.29, 1.82) is 0 Å². The van der Waals surface area contributed by atoms with Gasteiger partial charge in [0.15, 0.2) is 0 Å². The topological polar surface area (TPSA) is 79.8 Å². The Bertz CT molecular complexity index is 902. The zero-order valence-corrected chi connectivity index (χ0v) is 15.7. The fraction of sp³-hybridized carbons (Fsp3) is 0.238. The minimum absolute atomic E-state index is 0.0740. The molecule has 0 bridgehead atoms. The third-order valence-corrected chi connectivity index (χ3v) is 4.13. The summed E-state index contributed by atoms with van der Waals surface area (Å²) >= 11 is 0. The van der Waals surface area contributed by atoms with Crippen LogP contribution in [0, 0.1) is 0 Å². The smallest absolute Gasteiger partial charge is 0.274 e. The molecule has 3 rings (SSSR count). The lowest BCUT2D eigenvalue weighted by Gasteiger charge is -2.19. The molecule has 0 saturated heterocycles. The van der Waals surface area contributed by atoms with Crippen LogP contribution in [0.1, 0.15) is 42.4 Å². The molecule has 0 saturated carbocycles. The number of aromatic nitrogens is 3. The van der Waals surface area contributed by atoms with E-state index in [2.05, 4.69) is 46.4 Å². The van der Waals surface area contributed by atoms with Crippen molar-refractivity contribution in [3.8, 4) is 0 Å². The molecule has 6 nitrogen and oxygen atoms in total. The van der Waals surface area contributed by atoms with E-state index in [1.165, 1.54) is 11.9 Å². The van der Waals surface area contributed by atoms with Crippen LogP contribution in [0.2, 0.25) is 0 Å². The van der Waals surface area contributed by atoms with Gasteiger partial charge in [0.25, 0.3) is 5.91 Å². The molecule has 0 aliphatic carbocycles. The first-order chi connectivity index (χ1) is 12.9. The van der Waals surface area contributed by atoms with Crippen LogP contribution >= 0.6 is 0 Å². The van der Waals surface area contributed by atoms with Crippen LogP contribution in [0.5, 0.6) is 0 Å². The molecule has 3 aromatic rings.